The van der Waals surface area contributed by atoms with Gasteiger partial charge in [0.05, 0.1) is 33.3 Å². The number of halogens is 3. The van der Waals surface area contributed by atoms with Gasteiger partial charge in [-0.15, -0.1) is 0 Å². The average Bonchev–Trinajstić information content (AvgIpc) is 2.73. The van der Waals surface area contributed by atoms with Crippen LogP contribution in [-0.2, 0) is 6.61 Å². The molecule has 146 valence electrons. The van der Waals surface area contributed by atoms with Crippen molar-refractivity contribution in [3.8, 4) is 17.6 Å². The summed E-state index contributed by atoms with van der Waals surface area (Å²) in [5.41, 5.74) is 2.97. The first-order valence-corrected chi connectivity index (χ1v) is 10.2. The minimum atomic E-state index is 0.397. The maximum Gasteiger partial charge on any atom is 0.175 e. The Balaban J connectivity index is 1.91. The summed E-state index contributed by atoms with van der Waals surface area (Å²) < 4.78 is 12.2. The molecule has 0 aliphatic rings. The smallest absolute Gasteiger partial charge is 0.175 e. The monoisotopic (exact) mass is 487 g/mol. The molecule has 0 saturated carbocycles. The van der Waals surface area contributed by atoms with Gasteiger partial charge in [-0.25, -0.2) is 0 Å². The van der Waals surface area contributed by atoms with Crippen molar-refractivity contribution in [2.45, 2.75) is 6.61 Å². The molecule has 0 spiro atoms. The van der Waals surface area contributed by atoms with E-state index in [2.05, 4.69) is 22.0 Å². The third-order valence-electron chi connectivity index (χ3n) is 4.14. The molecule has 0 fully saturated rings. The van der Waals surface area contributed by atoms with Gasteiger partial charge in [-0.05, 0) is 63.0 Å². The predicted octanol–water partition coefficient (Wildman–Crippen LogP) is 7.41. The van der Waals surface area contributed by atoms with Crippen LogP contribution in [0.1, 0.15) is 16.7 Å². The van der Waals surface area contributed by atoms with Crippen LogP contribution in [0, 0.1) is 11.3 Å². The van der Waals surface area contributed by atoms with Crippen LogP contribution in [0.2, 0.25) is 10.0 Å². The van der Waals surface area contributed by atoms with E-state index in [4.69, 9.17) is 32.7 Å². The summed E-state index contributed by atoms with van der Waals surface area (Å²) in [4.78, 5) is 0. The molecule has 0 amide bonds. The number of benzene rings is 3. The van der Waals surface area contributed by atoms with Crippen LogP contribution in [0.25, 0.3) is 11.6 Å². The molecule has 3 nitrogen and oxygen atoms in total. The Morgan fingerprint density at radius 2 is 1.83 bits per heavy atom. The summed E-state index contributed by atoms with van der Waals surface area (Å²) in [5.74, 6) is 1.16. The molecule has 0 N–H and O–H groups in total. The molecule has 0 saturated heterocycles. The fourth-order valence-electron chi connectivity index (χ4n) is 2.70. The first-order chi connectivity index (χ1) is 14.0. The van der Waals surface area contributed by atoms with Crippen LogP contribution in [0.4, 0.5) is 0 Å². The van der Waals surface area contributed by atoms with E-state index in [0.29, 0.717) is 39.3 Å². The molecule has 3 aromatic rings. The SMILES string of the molecule is COc1cc(/C=C(/C#N)c2ccc(Cl)c(Cl)c2)cc(Br)c1OCc1ccccc1. The van der Waals surface area contributed by atoms with E-state index >= 15 is 0 Å². The van der Waals surface area contributed by atoms with Gasteiger partial charge in [0.2, 0.25) is 0 Å². The topological polar surface area (TPSA) is 42.2 Å². The Hall–Kier alpha value is -2.45. The van der Waals surface area contributed by atoms with Gasteiger partial charge in [0.25, 0.3) is 0 Å². The van der Waals surface area contributed by atoms with Gasteiger partial charge in [0, 0.05) is 0 Å². The zero-order valence-electron chi connectivity index (χ0n) is 15.5. The van der Waals surface area contributed by atoms with Crippen LogP contribution in [0.5, 0.6) is 11.5 Å². The quantitative estimate of drug-likeness (QED) is 0.268. The van der Waals surface area contributed by atoms with Gasteiger partial charge in [-0.1, -0.05) is 59.6 Å². The Morgan fingerprint density at radius 1 is 1.07 bits per heavy atom. The van der Waals surface area contributed by atoms with Crippen molar-refractivity contribution >= 4 is 50.8 Å². The molecule has 0 aliphatic heterocycles. The third-order valence-corrected chi connectivity index (χ3v) is 5.47. The van der Waals surface area contributed by atoms with Gasteiger partial charge < -0.3 is 9.47 Å². The van der Waals surface area contributed by atoms with Crippen molar-refractivity contribution in [2.24, 2.45) is 0 Å². The van der Waals surface area contributed by atoms with Gasteiger partial charge in [0.15, 0.2) is 11.5 Å². The largest absolute Gasteiger partial charge is 0.493 e. The predicted molar refractivity (Wildman–Crippen MR) is 121 cm³/mol. The van der Waals surface area contributed by atoms with Crippen LogP contribution >= 0.6 is 39.1 Å². The lowest BCUT2D eigenvalue weighted by Crippen LogP contribution is -1.99. The second-order valence-corrected chi connectivity index (χ2v) is 7.78. The minimum absolute atomic E-state index is 0.397. The van der Waals surface area contributed by atoms with Crippen molar-refractivity contribution in [3.05, 3.63) is 91.9 Å². The molecule has 0 unspecified atom stereocenters. The van der Waals surface area contributed by atoms with E-state index in [1.165, 1.54) is 0 Å². The van der Waals surface area contributed by atoms with E-state index in [-0.39, 0.29) is 0 Å². The van der Waals surface area contributed by atoms with E-state index < -0.39 is 0 Å². The molecular weight excluding hydrogens is 473 g/mol. The Bertz CT molecular complexity index is 1090. The number of nitriles is 1. The van der Waals surface area contributed by atoms with Crippen LogP contribution < -0.4 is 9.47 Å². The van der Waals surface area contributed by atoms with Gasteiger partial charge in [-0.3, -0.25) is 0 Å². The van der Waals surface area contributed by atoms with Crippen molar-refractivity contribution in [3.63, 3.8) is 0 Å². The van der Waals surface area contributed by atoms with Crippen LogP contribution in [0.3, 0.4) is 0 Å². The number of methoxy groups -OCH3 is 1. The summed E-state index contributed by atoms with van der Waals surface area (Å²) in [6, 6.07) is 20.9. The molecule has 0 aromatic heterocycles. The molecule has 0 heterocycles. The highest BCUT2D eigenvalue weighted by molar-refractivity contribution is 9.10. The van der Waals surface area contributed by atoms with Crippen molar-refractivity contribution in [2.75, 3.05) is 7.11 Å². The number of allylic oxidation sites excluding steroid dienone is 1. The number of rotatable bonds is 6. The van der Waals surface area contributed by atoms with Crippen LogP contribution in [0.15, 0.2) is 65.1 Å². The Labute approximate surface area is 188 Å². The zero-order valence-corrected chi connectivity index (χ0v) is 18.6. The van der Waals surface area contributed by atoms with E-state index in [1.54, 1.807) is 31.4 Å². The Morgan fingerprint density at radius 3 is 2.48 bits per heavy atom. The number of ether oxygens (including phenoxy) is 2. The fraction of sp³-hybridized carbons (Fsp3) is 0.0870. The van der Waals surface area contributed by atoms with Crippen LogP contribution in [-0.4, -0.2) is 7.11 Å². The lowest BCUT2D eigenvalue weighted by molar-refractivity contribution is 0.282. The highest BCUT2D eigenvalue weighted by atomic mass is 79.9. The molecule has 3 aromatic carbocycles. The van der Waals surface area contributed by atoms with Crippen molar-refractivity contribution in [1.82, 2.24) is 0 Å². The molecule has 0 radical (unpaired) electrons. The molecule has 0 bridgehead atoms. The number of hydrogen-bond donors (Lipinski definition) is 0. The first-order valence-electron chi connectivity index (χ1n) is 8.63. The lowest BCUT2D eigenvalue weighted by atomic mass is 10.0. The van der Waals surface area contributed by atoms with Crippen molar-refractivity contribution < 1.29 is 9.47 Å². The standard InChI is InChI=1S/C23H16BrCl2NO2/c1-28-22-11-16(9-18(13-27)17-7-8-20(25)21(26)12-17)10-19(24)23(22)29-14-15-5-3-2-4-6-15/h2-12H,14H2,1H3/b18-9-. The Kier molecular flexibility index (Phi) is 7.22. The maximum absolute atomic E-state index is 9.60. The molecule has 29 heavy (non-hydrogen) atoms. The third kappa shape index (κ3) is 5.33. The zero-order chi connectivity index (χ0) is 20.8. The number of nitrogens with zero attached hydrogens (tertiary/aromatic N) is 1. The normalized spacial score (nSPS) is 11.1. The highest BCUT2D eigenvalue weighted by Gasteiger charge is 2.13. The van der Waals surface area contributed by atoms with E-state index in [9.17, 15) is 5.26 Å². The molecule has 0 atom stereocenters. The maximum atomic E-state index is 9.60. The molecule has 6 heteroatoms. The minimum Gasteiger partial charge on any atom is -0.493 e. The summed E-state index contributed by atoms with van der Waals surface area (Å²) in [6.45, 7) is 0.414. The average molecular weight is 489 g/mol. The van der Waals surface area contributed by atoms with Gasteiger partial charge in [0.1, 0.15) is 6.61 Å². The van der Waals surface area contributed by atoms with E-state index in [0.717, 1.165) is 15.6 Å². The van der Waals surface area contributed by atoms with Gasteiger partial charge in [-0.2, -0.15) is 5.26 Å². The van der Waals surface area contributed by atoms with Crippen molar-refractivity contribution in [1.29, 1.82) is 5.26 Å². The summed E-state index contributed by atoms with van der Waals surface area (Å²) in [5, 5.41) is 10.4. The van der Waals surface area contributed by atoms with Gasteiger partial charge >= 0.3 is 0 Å². The fourth-order valence-corrected chi connectivity index (χ4v) is 3.58. The summed E-state index contributed by atoms with van der Waals surface area (Å²) >= 11 is 15.6. The lowest BCUT2D eigenvalue weighted by Gasteiger charge is -2.14. The number of hydrogen-bond acceptors (Lipinski definition) is 3. The molecule has 0 aliphatic carbocycles. The second-order valence-electron chi connectivity index (χ2n) is 6.11. The molecular formula is C23H16BrCl2NO2. The first kappa shape index (κ1) is 21.3. The highest BCUT2D eigenvalue weighted by Crippen LogP contribution is 2.38. The van der Waals surface area contributed by atoms with E-state index in [1.807, 2.05) is 42.5 Å². The summed E-state index contributed by atoms with van der Waals surface area (Å²) in [7, 11) is 1.58. The second kappa shape index (κ2) is 9.84. The summed E-state index contributed by atoms with van der Waals surface area (Å²) in [6.07, 6.45) is 1.76. The molecule has 3 rings (SSSR count).